The van der Waals surface area contributed by atoms with Crippen molar-refractivity contribution in [1.29, 1.82) is 0 Å². The number of rotatable bonds is 3. The van der Waals surface area contributed by atoms with E-state index in [0.29, 0.717) is 15.7 Å². The molecule has 0 radical (unpaired) electrons. The molecule has 0 unspecified atom stereocenters. The van der Waals surface area contributed by atoms with Crippen LogP contribution in [-0.2, 0) is 0 Å². The lowest BCUT2D eigenvalue weighted by molar-refractivity contribution is 0.0697. The standard InChI is InChI=1S/C14H11Cl2NO2/c1-8-2-4-10(15)7-12(8)17-13-6-9(14(18)19)3-5-11(13)16/h2-7,17H,1H3,(H,18,19). The van der Waals surface area contributed by atoms with Crippen molar-refractivity contribution in [2.24, 2.45) is 0 Å². The Balaban J connectivity index is 2.40. The average molecular weight is 296 g/mol. The third-order valence-electron chi connectivity index (χ3n) is 2.68. The summed E-state index contributed by atoms with van der Waals surface area (Å²) in [6.07, 6.45) is 0. The number of anilines is 2. The third-order valence-corrected chi connectivity index (χ3v) is 3.25. The zero-order valence-electron chi connectivity index (χ0n) is 10.1. The summed E-state index contributed by atoms with van der Waals surface area (Å²) in [4.78, 5) is 10.9. The molecular formula is C14H11Cl2NO2. The van der Waals surface area contributed by atoms with Crippen molar-refractivity contribution in [2.45, 2.75) is 6.92 Å². The van der Waals surface area contributed by atoms with E-state index in [0.717, 1.165) is 11.3 Å². The summed E-state index contributed by atoms with van der Waals surface area (Å²) in [7, 11) is 0. The molecule has 5 heteroatoms. The summed E-state index contributed by atoms with van der Waals surface area (Å²) in [5.41, 5.74) is 2.48. The first-order valence-corrected chi connectivity index (χ1v) is 6.29. The van der Waals surface area contributed by atoms with E-state index in [-0.39, 0.29) is 5.56 Å². The van der Waals surface area contributed by atoms with Gasteiger partial charge in [-0.3, -0.25) is 0 Å². The maximum Gasteiger partial charge on any atom is 0.335 e. The van der Waals surface area contributed by atoms with Crippen LogP contribution in [0, 0.1) is 6.92 Å². The highest BCUT2D eigenvalue weighted by molar-refractivity contribution is 6.33. The maximum absolute atomic E-state index is 10.9. The lowest BCUT2D eigenvalue weighted by Gasteiger charge is -2.12. The fourth-order valence-electron chi connectivity index (χ4n) is 1.63. The fourth-order valence-corrected chi connectivity index (χ4v) is 1.96. The second-order valence-electron chi connectivity index (χ2n) is 4.08. The molecule has 0 fully saturated rings. The van der Waals surface area contributed by atoms with Gasteiger partial charge < -0.3 is 10.4 Å². The van der Waals surface area contributed by atoms with Crippen molar-refractivity contribution in [1.82, 2.24) is 0 Å². The molecule has 0 spiro atoms. The summed E-state index contributed by atoms with van der Waals surface area (Å²) in [6.45, 7) is 1.92. The monoisotopic (exact) mass is 295 g/mol. The number of aryl methyl sites for hydroxylation is 1. The van der Waals surface area contributed by atoms with Crippen LogP contribution in [0.25, 0.3) is 0 Å². The number of benzene rings is 2. The van der Waals surface area contributed by atoms with Crippen molar-refractivity contribution >= 4 is 40.5 Å². The lowest BCUT2D eigenvalue weighted by Crippen LogP contribution is -1.99. The number of halogens is 2. The first-order valence-electron chi connectivity index (χ1n) is 5.53. The summed E-state index contributed by atoms with van der Waals surface area (Å²) in [5.74, 6) is -0.998. The molecule has 2 rings (SSSR count). The SMILES string of the molecule is Cc1ccc(Cl)cc1Nc1cc(C(=O)O)ccc1Cl. The molecule has 0 amide bonds. The second-order valence-corrected chi connectivity index (χ2v) is 4.93. The van der Waals surface area contributed by atoms with E-state index in [4.69, 9.17) is 28.3 Å². The van der Waals surface area contributed by atoms with Crippen LogP contribution in [0.15, 0.2) is 36.4 Å². The summed E-state index contributed by atoms with van der Waals surface area (Å²) in [5, 5.41) is 13.1. The Morgan fingerprint density at radius 2 is 1.84 bits per heavy atom. The number of aromatic carboxylic acids is 1. The van der Waals surface area contributed by atoms with Crippen LogP contribution >= 0.6 is 23.2 Å². The first kappa shape index (κ1) is 13.7. The Bertz CT molecular complexity index is 641. The number of carboxylic acids is 1. The molecule has 2 aromatic rings. The molecule has 3 nitrogen and oxygen atoms in total. The third kappa shape index (κ3) is 3.19. The van der Waals surface area contributed by atoms with Crippen molar-refractivity contribution in [2.75, 3.05) is 5.32 Å². The molecule has 0 aliphatic heterocycles. The highest BCUT2D eigenvalue weighted by atomic mass is 35.5. The Kier molecular flexibility index (Phi) is 3.98. The van der Waals surface area contributed by atoms with E-state index in [1.807, 2.05) is 13.0 Å². The minimum absolute atomic E-state index is 0.173. The highest BCUT2D eigenvalue weighted by Gasteiger charge is 2.08. The Labute approximate surface area is 120 Å². The number of hydrogen-bond donors (Lipinski definition) is 2. The molecule has 0 heterocycles. The van der Waals surface area contributed by atoms with Crippen LogP contribution in [0.1, 0.15) is 15.9 Å². The van der Waals surface area contributed by atoms with Gasteiger partial charge in [-0.2, -0.15) is 0 Å². The predicted molar refractivity (Wildman–Crippen MR) is 77.9 cm³/mol. The number of carboxylic acid groups (broad SMARTS) is 1. The van der Waals surface area contributed by atoms with Gasteiger partial charge in [-0.05, 0) is 42.8 Å². The van der Waals surface area contributed by atoms with Crippen LogP contribution in [0.2, 0.25) is 10.0 Å². The van der Waals surface area contributed by atoms with Gasteiger partial charge in [0, 0.05) is 10.7 Å². The summed E-state index contributed by atoms with van der Waals surface area (Å²) in [6, 6.07) is 9.93. The quantitative estimate of drug-likeness (QED) is 0.859. The van der Waals surface area contributed by atoms with Crippen molar-refractivity contribution in [3.63, 3.8) is 0 Å². The molecule has 0 aliphatic rings. The second kappa shape index (κ2) is 5.51. The molecule has 98 valence electrons. The molecule has 0 saturated heterocycles. The Hall–Kier alpha value is -1.71. The van der Waals surface area contributed by atoms with Crippen molar-refractivity contribution in [3.8, 4) is 0 Å². The van der Waals surface area contributed by atoms with E-state index in [1.165, 1.54) is 12.1 Å². The van der Waals surface area contributed by atoms with E-state index < -0.39 is 5.97 Å². The first-order chi connectivity index (χ1) is 8.97. The molecule has 2 N–H and O–H groups in total. The average Bonchev–Trinajstić information content (AvgIpc) is 2.36. The van der Waals surface area contributed by atoms with Crippen molar-refractivity contribution in [3.05, 3.63) is 57.6 Å². The van der Waals surface area contributed by atoms with Gasteiger partial charge in [0.15, 0.2) is 0 Å². The largest absolute Gasteiger partial charge is 0.478 e. The predicted octanol–water partition coefficient (Wildman–Crippen LogP) is 4.74. The Morgan fingerprint density at radius 1 is 1.11 bits per heavy atom. The van der Waals surface area contributed by atoms with Crippen molar-refractivity contribution < 1.29 is 9.90 Å². The summed E-state index contributed by atoms with van der Waals surface area (Å²) < 4.78 is 0. The maximum atomic E-state index is 10.9. The van der Waals surface area contributed by atoms with E-state index >= 15 is 0 Å². The van der Waals surface area contributed by atoms with Gasteiger partial charge in [-0.15, -0.1) is 0 Å². The minimum Gasteiger partial charge on any atom is -0.478 e. The van der Waals surface area contributed by atoms with Crippen LogP contribution in [0.5, 0.6) is 0 Å². The molecule has 0 aromatic heterocycles. The lowest BCUT2D eigenvalue weighted by atomic mass is 10.1. The molecule has 0 bridgehead atoms. The van der Waals surface area contributed by atoms with E-state index in [2.05, 4.69) is 5.32 Å². The smallest absolute Gasteiger partial charge is 0.335 e. The molecule has 19 heavy (non-hydrogen) atoms. The molecule has 2 aromatic carbocycles. The van der Waals surface area contributed by atoms with Gasteiger partial charge in [-0.1, -0.05) is 29.3 Å². The van der Waals surface area contributed by atoms with Gasteiger partial charge in [0.25, 0.3) is 0 Å². The topological polar surface area (TPSA) is 49.3 Å². The van der Waals surface area contributed by atoms with Crippen LogP contribution in [0.3, 0.4) is 0 Å². The number of hydrogen-bond acceptors (Lipinski definition) is 2. The van der Waals surface area contributed by atoms with Crippen LogP contribution < -0.4 is 5.32 Å². The molecule has 0 aliphatic carbocycles. The number of nitrogens with one attached hydrogen (secondary N) is 1. The number of carbonyl (C=O) groups is 1. The zero-order valence-corrected chi connectivity index (χ0v) is 11.6. The van der Waals surface area contributed by atoms with Gasteiger partial charge in [0.1, 0.15) is 0 Å². The summed E-state index contributed by atoms with van der Waals surface area (Å²) >= 11 is 12.0. The van der Waals surface area contributed by atoms with Gasteiger partial charge in [0.2, 0.25) is 0 Å². The zero-order chi connectivity index (χ0) is 14.0. The highest BCUT2D eigenvalue weighted by Crippen LogP contribution is 2.29. The molecule has 0 saturated carbocycles. The molecular weight excluding hydrogens is 285 g/mol. The normalized spacial score (nSPS) is 10.3. The Morgan fingerprint density at radius 3 is 2.53 bits per heavy atom. The fraction of sp³-hybridized carbons (Fsp3) is 0.0714. The van der Waals surface area contributed by atoms with E-state index in [9.17, 15) is 4.79 Å². The minimum atomic E-state index is -0.998. The van der Waals surface area contributed by atoms with Gasteiger partial charge in [0.05, 0.1) is 16.3 Å². The van der Waals surface area contributed by atoms with Gasteiger partial charge in [-0.25, -0.2) is 4.79 Å². The van der Waals surface area contributed by atoms with Crippen LogP contribution in [0.4, 0.5) is 11.4 Å². The van der Waals surface area contributed by atoms with Crippen LogP contribution in [-0.4, -0.2) is 11.1 Å². The van der Waals surface area contributed by atoms with E-state index in [1.54, 1.807) is 18.2 Å². The molecule has 0 atom stereocenters. The van der Waals surface area contributed by atoms with Gasteiger partial charge >= 0.3 is 5.97 Å².